The molecular formula is C17H21NO2. The molecule has 0 saturated heterocycles. The van der Waals surface area contributed by atoms with Gasteiger partial charge in [-0.1, -0.05) is 50.1 Å². The Morgan fingerprint density at radius 2 is 1.90 bits per heavy atom. The Hall–Kier alpha value is -2.03. The Morgan fingerprint density at radius 3 is 2.60 bits per heavy atom. The van der Waals surface area contributed by atoms with Crippen LogP contribution in [0.15, 0.2) is 53.5 Å². The fourth-order valence-corrected chi connectivity index (χ4v) is 2.03. The molecule has 2 rings (SSSR count). The van der Waals surface area contributed by atoms with Crippen LogP contribution in [-0.2, 0) is 6.54 Å². The maximum atomic E-state index is 12.0. The maximum Gasteiger partial charge on any atom is 0.254 e. The van der Waals surface area contributed by atoms with Crippen LogP contribution >= 0.6 is 0 Å². The number of hydrogen-bond acceptors (Lipinski definition) is 2. The zero-order valence-electron chi connectivity index (χ0n) is 11.9. The van der Waals surface area contributed by atoms with E-state index in [0.717, 1.165) is 18.4 Å². The van der Waals surface area contributed by atoms with E-state index in [1.54, 1.807) is 16.8 Å². The number of aromatic nitrogens is 1. The maximum absolute atomic E-state index is 12.0. The number of nitrogens with zero attached hydrogens (tertiary/aromatic N) is 1. The van der Waals surface area contributed by atoms with Gasteiger partial charge in [-0.15, -0.1) is 0 Å². The predicted octanol–water partition coefficient (Wildman–Crippen LogP) is 3.47. The highest BCUT2D eigenvalue weighted by atomic mass is 16.5. The second-order valence-electron chi connectivity index (χ2n) is 4.87. The van der Waals surface area contributed by atoms with Crippen molar-refractivity contribution in [2.45, 2.75) is 32.7 Å². The molecule has 0 aliphatic heterocycles. The molecule has 0 unspecified atom stereocenters. The summed E-state index contributed by atoms with van der Waals surface area (Å²) in [7, 11) is 0. The standard InChI is InChI=1S/C17H21NO2/c1-2-3-7-12-20-16-10-11-18(17(19)13-16)14-15-8-5-4-6-9-15/h4-6,8-11,13H,2-3,7,12,14H2,1H3. The molecule has 1 heterocycles. The Balaban J connectivity index is 1.97. The summed E-state index contributed by atoms with van der Waals surface area (Å²) < 4.78 is 7.27. The van der Waals surface area contributed by atoms with Gasteiger partial charge in [0.25, 0.3) is 5.56 Å². The Labute approximate surface area is 119 Å². The van der Waals surface area contributed by atoms with Crippen LogP contribution in [0.1, 0.15) is 31.7 Å². The smallest absolute Gasteiger partial charge is 0.254 e. The lowest BCUT2D eigenvalue weighted by Crippen LogP contribution is -2.19. The Bertz CT molecular complexity index is 575. The quantitative estimate of drug-likeness (QED) is 0.722. The summed E-state index contributed by atoms with van der Waals surface area (Å²) in [5, 5.41) is 0. The van der Waals surface area contributed by atoms with E-state index in [2.05, 4.69) is 6.92 Å². The van der Waals surface area contributed by atoms with E-state index in [1.807, 2.05) is 36.4 Å². The molecule has 0 saturated carbocycles. The molecule has 106 valence electrons. The van der Waals surface area contributed by atoms with Crippen molar-refractivity contribution in [3.8, 4) is 5.75 Å². The first-order valence-corrected chi connectivity index (χ1v) is 7.17. The minimum Gasteiger partial charge on any atom is -0.493 e. The highest BCUT2D eigenvalue weighted by Crippen LogP contribution is 2.08. The van der Waals surface area contributed by atoms with Gasteiger partial charge in [-0.2, -0.15) is 0 Å². The third kappa shape index (κ3) is 4.26. The fraction of sp³-hybridized carbons (Fsp3) is 0.353. The van der Waals surface area contributed by atoms with Crippen LogP contribution in [-0.4, -0.2) is 11.2 Å². The monoisotopic (exact) mass is 271 g/mol. The van der Waals surface area contributed by atoms with Crippen molar-refractivity contribution in [1.29, 1.82) is 0 Å². The van der Waals surface area contributed by atoms with Crippen LogP contribution in [0.4, 0.5) is 0 Å². The number of ether oxygens (including phenoxy) is 1. The number of benzene rings is 1. The molecule has 0 amide bonds. The summed E-state index contributed by atoms with van der Waals surface area (Å²) in [6.45, 7) is 3.43. The molecule has 3 nitrogen and oxygen atoms in total. The largest absolute Gasteiger partial charge is 0.493 e. The molecule has 0 radical (unpaired) electrons. The van der Waals surface area contributed by atoms with Gasteiger partial charge in [0.1, 0.15) is 5.75 Å². The van der Waals surface area contributed by atoms with Crippen molar-refractivity contribution in [2.24, 2.45) is 0 Å². The molecule has 3 heteroatoms. The predicted molar refractivity (Wildman–Crippen MR) is 81.3 cm³/mol. The summed E-state index contributed by atoms with van der Waals surface area (Å²) in [4.78, 5) is 12.0. The summed E-state index contributed by atoms with van der Waals surface area (Å²) in [6, 6.07) is 13.4. The average molecular weight is 271 g/mol. The minimum atomic E-state index is -0.0261. The zero-order chi connectivity index (χ0) is 14.2. The highest BCUT2D eigenvalue weighted by Gasteiger charge is 2.00. The lowest BCUT2D eigenvalue weighted by atomic mass is 10.2. The van der Waals surface area contributed by atoms with Crippen LogP contribution in [0.3, 0.4) is 0 Å². The van der Waals surface area contributed by atoms with Gasteiger partial charge in [0, 0.05) is 12.3 Å². The first-order chi connectivity index (χ1) is 9.79. The third-order valence-electron chi connectivity index (χ3n) is 3.18. The molecular weight excluding hydrogens is 250 g/mol. The minimum absolute atomic E-state index is 0.0261. The van der Waals surface area contributed by atoms with Crippen molar-refractivity contribution in [2.75, 3.05) is 6.61 Å². The first-order valence-electron chi connectivity index (χ1n) is 7.17. The van der Waals surface area contributed by atoms with Crippen molar-refractivity contribution in [1.82, 2.24) is 4.57 Å². The molecule has 0 fully saturated rings. The van der Waals surface area contributed by atoms with Gasteiger partial charge in [0.2, 0.25) is 0 Å². The van der Waals surface area contributed by atoms with Crippen molar-refractivity contribution < 1.29 is 4.74 Å². The van der Waals surface area contributed by atoms with Crippen molar-refractivity contribution >= 4 is 0 Å². The first kappa shape index (κ1) is 14.4. The van der Waals surface area contributed by atoms with E-state index in [4.69, 9.17) is 4.74 Å². The van der Waals surface area contributed by atoms with E-state index < -0.39 is 0 Å². The molecule has 0 aliphatic carbocycles. The fourth-order valence-electron chi connectivity index (χ4n) is 2.03. The van der Waals surface area contributed by atoms with Crippen LogP contribution in [0.2, 0.25) is 0 Å². The molecule has 1 aromatic heterocycles. The SMILES string of the molecule is CCCCCOc1ccn(Cc2ccccc2)c(=O)c1. The van der Waals surface area contributed by atoms with Crippen molar-refractivity contribution in [3.63, 3.8) is 0 Å². The van der Waals surface area contributed by atoms with Crippen LogP contribution < -0.4 is 10.3 Å². The second-order valence-corrected chi connectivity index (χ2v) is 4.87. The molecule has 0 bridgehead atoms. The topological polar surface area (TPSA) is 31.2 Å². The summed E-state index contributed by atoms with van der Waals surface area (Å²) in [5.74, 6) is 0.662. The lowest BCUT2D eigenvalue weighted by Gasteiger charge is -2.08. The van der Waals surface area contributed by atoms with E-state index in [-0.39, 0.29) is 5.56 Å². The molecule has 1 aromatic carbocycles. The Kier molecular flexibility index (Phi) is 5.42. The summed E-state index contributed by atoms with van der Waals surface area (Å²) in [5.41, 5.74) is 1.09. The van der Waals surface area contributed by atoms with E-state index in [1.165, 1.54) is 6.42 Å². The van der Waals surface area contributed by atoms with E-state index in [0.29, 0.717) is 18.9 Å². The zero-order valence-corrected chi connectivity index (χ0v) is 11.9. The summed E-state index contributed by atoms with van der Waals surface area (Å²) in [6.07, 6.45) is 5.15. The molecule has 0 aliphatic rings. The third-order valence-corrected chi connectivity index (χ3v) is 3.18. The normalized spacial score (nSPS) is 10.4. The highest BCUT2D eigenvalue weighted by molar-refractivity contribution is 5.20. The number of pyridine rings is 1. The van der Waals surface area contributed by atoms with E-state index >= 15 is 0 Å². The van der Waals surface area contributed by atoms with Gasteiger partial charge in [-0.05, 0) is 18.1 Å². The number of unbranched alkanes of at least 4 members (excludes halogenated alkanes) is 2. The number of hydrogen-bond donors (Lipinski definition) is 0. The Morgan fingerprint density at radius 1 is 1.10 bits per heavy atom. The van der Waals surface area contributed by atoms with Crippen LogP contribution in [0.5, 0.6) is 5.75 Å². The van der Waals surface area contributed by atoms with Crippen LogP contribution in [0.25, 0.3) is 0 Å². The van der Waals surface area contributed by atoms with E-state index in [9.17, 15) is 4.79 Å². The molecule has 0 atom stereocenters. The second kappa shape index (κ2) is 7.53. The van der Waals surface area contributed by atoms with Crippen molar-refractivity contribution in [3.05, 3.63) is 64.6 Å². The van der Waals surface area contributed by atoms with Crippen LogP contribution in [0, 0.1) is 0 Å². The van der Waals surface area contributed by atoms with Gasteiger partial charge in [-0.3, -0.25) is 4.79 Å². The lowest BCUT2D eigenvalue weighted by molar-refractivity contribution is 0.305. The van der Waals surface area contributed by atoms with Gasteiger partial charge in [0.05, 0.1) is 13.2 Å². The van der Waals surface area contributed by atoms with Gasteiger partial charge in [0.15, 0.2) is 0 Å². The summed E-state index contributed by atoms with van der Waals surface area (Å²) >= 11 is 0. The molecule has 2 aromatic rings. The molecule has 20 heavy (non-hydrogen) atoms. The van der Waals surface area contributed by atoms with Gasteiger partial charge in [-0.25, -0.2) is 0 Å². The number of rotatable bonds is 7. The van der Waals surface area contributed by atoms with Gasteiger partial charge < -0.3 is 9.30 Å². The van der Waals surface area contributed by atoms with Gasteiger partial charge >= 0.3 is 0 Å². The molecule has 0 spiro atoms. The molecule has 0 N–H and O–H groups in total. The average Bonchev–Trinajstić information content (AvgIpc) is 2.47.